The van der Waals surface area contributed by atoms with Gasteiger partial charge in [-0.25, -0.2) is 8.42 Å². The topological polar surface area (TPSA) is 86.7 Å². The SMILES string of the molecule is CCOC(=O)C(C(=O)c1ccc(S(C)(=O)=O)cc1Cl)c1ccc(OC)cc1. The van der Waals surface area contributed by atoms with E-state index in [-0.39, 0.29) is 22.1 Å². The molecule has 0 bridgehead atoms. The Hall–Kier alpha value is -2.38. The van der Waals surface area contributed by atoms with Crippen LogP contribution < -0.4 is 4.74 Å². The molecule has 8 heteroatoms. The number of ether oxygens (including phenoxy) is 2. The molecule has 144 valence electrons. The van der Waals surface area contributed by atoms with Crippen molar-refractivity contribution in [1.82, 2.24) is 0 Å². The van der Waals surface area contributed by atoms with Crippen LogP contribution in [0.1, 0.15) is 28.8 Å². The van der Waals surface area contributed by atoms with Crippen molar-refractivity contribution in [2.24, 2.45) is 0 Å². The summed E-state index contributed by atoms with van der Waals surface area (Å²) in [6.45, 7) is 1.75. The van der Waals surface area contributed by atoms with E-state index in [4.69, 9.17) is 21.1 Å². The first kappa shape index (κ1) is 20.9. The highest BCUT2D eigenvalue weighted by Gasteiger charge is 2.32. The number of esters is 1. The molecular weight excluding hydrogens is 392 g/mol. The number of sulfone groups is 1. The molecule has 6 nitrogen and oxygen atoms in total. The molecule has 1 unspecified atom stereocenters. The summed E-state index contributed by atoms with van der Waals surface area (Å²) in [4.78, 5) is 25.5. The molecule has 0 spiro atoms. The highest BCUT2D eigenvalue weighted by Crippen LogP contribution is 2.29. The number of hydrogen-bond donors (Lipinski definition) is 0. The monoisotopic (exact) mass is 410 g/mol. The van der Waals surface area contributed by atoms with Gasteiger partial charge in [-0.3, -0.25) is 9.59 Å². The second-order valence-corrected chi connectivity index (χ2v) is 8.16. The lowest BCUT2D eigenvalue weighted by molar-refractivity contribution is -0.143. The summed E-state index contributed by atoms with van der Waals surface area (Å²) in [5, 5.41) is -0.0502. The van der Waals surface area contributed by atoms with E-state index >= 15 is 0 Å². The van der Waals surface area contributed by atoms with Gasteiger partial charge < -0.3 is 9.47 Å². The quantitative estimate of drug-likeness (QED) is 0.395. The summed E-state index contributed by atoms with van der Waals surface area (Å²) >= 11 is 6.13. The molecule has 0 saturated carbocycles. The molecule has 2 aromatic carbocycles. The Morgan fingerprint density at radius 1 is 1.11 bits per heavy atom. The summed E-state index contributed by atoms with van der Waals surface area (Å²) in [6, 6.07) is 10.2. The van der Waals surface area contributed by atoms with Crippen molar-refractivity contribution in [2.45, 2.75) is 17.7 Å². The molecule has 0 aliphatic carbocycles. The number of Topliss-reactive ketones (excluding diaryl/α,β-unsaturated/α-hetero) is 1. The maximum atomic E-state index is 13.0. The Kier molecular flexibility index (Phi) is 6.62. The molecule has 2 rings (SSSR count). The minimum absolute atomic E-state index is 0.0128. The number of rotatable bonds is 7. The first-order valence-corrected chi connectivity index (χ1v) is 10.3. The van der Waals surface area contributed by atoms with Gasteiger partial charge in [0.25, 0.3) is 0 Å². The van der Waals surface area contributed by atoms with Gasteiger partial charge in [-0.1, -0.05) is 23.7 Å². The number of methoxy groups -OCH3 is 1. The summed E-state index contributed by atoms with van der Waals surface area (Å²) in [6.07, 6.45) is 1.04. The highest BCUT2D eigenvalue weighted by molar-refractivity contribution is 7.90. The number of carbonyl (C=O) groups is 2. The van der Waals surface area contributed by atoms with Crippen LogP contribution in [-0.2, 0) is 19.4 Å². The first-order valence-electron chi connectivity index (χ1n) is 8.03. The molecule has 0 amide bonds. The van der Waals surface area contributed by atoms with E-state index in [0.717, 1.165) is 6.26 Å². The van der Waals surface area contributed by atoms with Crippen molar-refractivity contribution in [1.29, 1.82) is 0 Å². The fraction of sp³-hybridized carbons (Fsp3) is 0.263. The predicted molar refractivity (Wildman–Crippen MR) is 101 cm³/mol. The van der Waals surface area contributed by atoms with Crippen molar-refractivity contribution < 1.29 is 27.5 Å². The second kappa shape index (κ2) is 8.54. The van der Waals surface area contributed by atoms with E-state index in [0.29, 0.717) is 11.3 Å². The van der Waals surface area contributed by atoms with Crippen molar-refractivity contribution in [3.63, 3.8) is 0 Å². The molecule has 1 atom stereocenters. The minimum atomic E-state index is -3.47. The largest absolute Gasteiger partial charge is 0.497 e. The molecule has 0 saturated heterocycles. The molecule has 0 fully saturated rings. The van der Waals surface area contributed by atoms with Crippen LogP contribution in [0.3, 0.4) is 0 Å². The Balaban J connectivity index is 2.49. The van der Waals surface area contributed by atoms with Crippen molar-refractivity contribution in [2.75, 3.05) is 20.0 Å². The second-order valence-electron chi connectivity index (χ2n) is 5.74. The van der Waals surface area contributed by atoms with E-state index in [9.17, 15) is 18.0 Å². The van der Waals surface area contributed by atoms with Crippen molar-refractivity contribution >= 4 is 33.2 Å². The number of benzene rings is 2. The zero-order valence-corrected chi connectivity index (χ0v) is 16.6. The number of ketones is 1. The van der Waals surface area contributed by atoms with Crippen LogP contribution in [0.4, 0.5) is 0 Å². The maximum Gasteiger partial charge on any atom is 0.321 e. The number of hydrogen-bond acceptors (Lipinski definition) is 6. The van der Waals surface area contributed by atoms with Gasteiger partial charge in [-0.2, -0.15) is 0 Å². The lowest BCUT2D eigenvalue weighted by Crippen LogP contribution is -2.24. The molecule has 2 aromatic rings. The van der Waals surface area contributed by atoms with Gasteiger partial charge in [0.05, 0.1) is 23.6 Å². The zero-order valence-electron chi connectivity index (χ0n) is 15.1. The molecule has 0 aliphatic rings. The summed E-state index contributed by atoms with van der Waals surface area (Å²) < 4.78 is 33.4. The normalized spacial score (nSPS) is 12.3. The summed E-state index contributed by atoms with van der Waals surface area (Å²) in [5.41, 5.74) is 0.459. The molecular formula is C19H19ClO6S. The van der Waals surface area contributed by atoms with Gasteiger partial charge in [0.2, 0.25) is 0 Å². The summed E-state index contributed by atoms with van der Waals surface area (Å²) in [5.74, 6) is -1.94. The highest BCUT2D eigenvalue weighted by atomic mass is 35.5. The fourth-order valence-corrected chi connectivity index (χ4v) is 3.48. The zero-order chi connectivity index (χ0) is 20.2. The van der Waals surface area contributed by atoms with E-state index in [1.54, 1.807) is 31.2 Å². The third kappa shape index (κ3) is 4.87. The molecule has 27 heavy (non-hydrogen) atoms. The van der Waals surface area contributed by atoms with Crippen LogP contribution in [0.25, 0.3) is 0 Å². The Labute approximate surface area is 163 Å². The first-order chi connectivity index (χ1) is 12.7. The van der Waals surface area contributed by atoms with Crippen LogP contribution in [0.15, 0.2) is 47.4 Å². The van der Waals surface area contributed by atoms with Crippen molar-refractivity contribution in [3.8, 4) is 5.75 Å². The molecule has 0 aromatic heterocycles. The van der Waals surface area contributed by atoms with Gasteiger partial charge >= 0.3 is 5.97 Å². The fourth-order valence-electron chi connectivity index (χ4n) is 2.50. The average molecular weight is 411 g/mol. The standard InChI is InChI=1S/C19H19ClO6S/c1-4-26-19(22)17(12-5-7-13(25-2)8-6-12)18(21)15-10-9-14(11-16(15)20)27(3,23)24/h5-11,17H,4H2,1-3H3. The number of carbonyl (C=O) groups excluding carboxylic acids is 2. The van der Waals surface area contributed by atoms with Gasteiger partial charge in [-0.15, -0.1) is 0 Å². The van der Waals surface area contributed by atoms with Gasteiger partial charge in [-0.05, 0) is 42.8 Å². The van der Waals surface area contributed by atoms with Gasteiger partial charge in [0, 0.05) is 11.8 Å². The molecule has 0 radical (unpaired) electrons. The van der Waals surface area contributed by atoms with Crippen LogP contribution in [0.2, 0.25) is 5.02 Å². The molecule has 0 heterocycles. The van der Waals surface area contributed by atoms with Gasteiger partial charge in [0.1, 0.15) is 11.7 Å². The lowest BCUT2D eigenvalue weighted by Gasteiger charge is -2.16. The Bertz CT molecular complexity index is 951. The molecule has 0 N–H and O–H groups in total. The van der Waals surface area contributed by atoms with E-state index in [1.165, 1.54) is 25.3 Å². The van der Waals surface area contributed by atoms with Crippen LogP contribution in [0, 0.1) is 0 Å². The van der Waals surface area contributed by atoms with E-state index in [2.05, 4.69) is 0 Å². The number of halogens is 1. The van der Waals surface area contributed by atoms with E-state index in [1.807, 2.05) is 0 Å². The molecule has 0 aliphatic heterocycles. The van der Waals surface area contributed by atoms with Crippen LogP contribution >= 0.6 is 11.6 Å². The van der Waals surface area contributed by atoms with Gasteiger partial charge in [0.15, 0.2) is 15.6 Å². The predicted octanol–water partition coefficient (Wildman–Crippen LogP) is 3.28. The Morgan fingerprint density at radius 2 is 1.74 bits per heavy atom. The third-order valence-corrected chi connectivity index (χ3v) is 5.29. The summed E-state index contributed by atoms with van der Waals surface area (Å²) in [7, 11) is -1.97. The van der Waals surface area contributed by atoms with Crippen molar-refractivity contribution in [3.05, 3.63) is 58.6 Å². The average Bonchev–Trinajstić information content (AvgIpc) is 2.61. The van der Waals surface area contributed by atoms with Crippen LogP contribution in [0.5, 0.6) is 5.75 Å². The third-order valence-electron chi connectivity index (χ3n) is 3.87. The smallest absolute Gasteiger partial charge is 0.321 e. The lowest BCUT2D eigenvalue weighted by atomic mass is 9.90. The minimum Gasteiger partial charge on any atom is -0.497 e. The maximum absolute atomic E-state index is 13.0. The Morgan fingerprint density at radius 3 is 2.22 bits per heavy atom. The van der Waals surface area contributed by atoms with E-state index < -0.39 is 27.5 Å². The van der Waals surface area contributed by atoms with Crippen LogP contribution in [-0.4, -0.2) is 40.1 Å².